The van der Waals surface area contributed by atoms with Crippen LogP contribution in [0.1, 0.15) is 176 Å². The molecule has 0 fully saturated rings. The molecule has 3 aromatic heterocycles. The van der Waals surface area contributed by atoms with Crippen LogP contribution in [-0.2, 0) is 32.5 Å². The number of nitrogens with zero attached hydrogens (tertiary/aromatic N) is 4. The van der Waals surface area contributed by atoms with E-state index in [2.05, 4.69) is 220 Å². The normalized spacial score (nSPS) is 14.7. The zero-order valence-corrected chi connectivity index (χ0v) is 58.1. The van der Waals surface area contributed by atoms with Crippen LogP contribution in [0.25, 0.3) is 106 Å². The Hall–Kier alpha value is -9.58. The molecular weight excluding hydrogens is 1150 g/mol. The minimum atomic E-state index is -0.747. The van der Waals surface area contributed by atoms with Crippen LogP contribution in [0, 0.1) is 6.33 Å². The van der Waals surface area contributed by atoms with E-state index < -0.39 is 117 Å². The number of aromatic nitrogens is 4. The lowest BCUT2D eigenvalue weighted by molar-refractivity contribution is -0.571. The number of rotatable bonds is 10. The van der Waals surface area contributed by atoms with Crippen LogP contribution in [0.2, 0.25) is 0 Å². The monoisotopic (exact) mass is 1260 g/mol. The molecule has 10 aromatic carbocycles. The van der Waals surface area contributed by atoms with Crippen molar-refractivity contribution >= 4 is 32.8 Å². The van der Waals surface area contributed by atoms with Crippen molar-refractivity contribution in [3.8, 4) is 84.3 Å². The van der Waals surface area contributed by atoms with Crippen LogP contribution in [0.5, 0.6) is 11.5 Å². The molecule has 3 heterocycles. The minimum absolute atomic E-state index is 0.137. The number of hydrogen-bond acceptors (Lipinski definition) is 2. The largest absolute Gasteiger partial charge is 0.458 e. The maximum atomic E-state index is 10.8. The molecule has 0 saturated heterocycles. The summed E-state index contributed by atoms with van der Waals surface area (Å²) in [5.41, 5.74) is 9.51. The highest BCUT2D eigenvalue weighted by Crippen LogP contribution is 2.45. The summed E-state index contributed by atoms with van der Waals surface area (Å²) in [7, 11) is 0. The second-order valence-electron chi connectivity index (χ2n) is 31.5. The Morgan fingerprint density at radius 1 is 0.379 bits per heavy atom. The lowest BCUT2D eigenvalue weighted by Crippen LogP contribution is -2.32. The first-order valence-corrected chi connectivity index (χ1v) is 32.8. The van der Waals surface area contributed by atoms with E-state index in [-0.39, 0.29) is 27.4 Å². The van der Waals surface area contributed by atoms with Crippen molar-refractivity contribution in [2.24, 2.45) is 0 Å². The second-order valence-corrected chi connectivity index (χ2v) is 31.5. The van der Waals surface area contributed by atoms with E-state index in [1.54, 1.807) is 0 Å². The van der Waals surface area contributed by atoms with Crippen LogP contribution in [0.3, 0.4) is 0 Å². The zero-order chi connectivity index (χ0) is 78.6. The number of benzene rings is 10. The van der Waals surface area contributed by atoms with Crippen molar-refractivity contribution in [1.29, 1.82) is 0 Å². The summed E-state index contributed by atoms with van der Waals surface area (Å²) in [6, 6.07) is 40.8. The molecule has 0 spiro atoms. The van der Waals surface area contributed by atoms with Gasteiger partial charge in [-0.3, -0.25) is 13.7 Å². The predicted molar refractivity (Wildman–Crippen MR) is 402 cm³/mol. The standard InChI is InChI=1S/C90H92N4O/c1-85(2,3)66-40-41-91-83(54-66)94-79-35-26-25-34-75(79)76-38-37-74(56-81(76)94)95-73-33-27-32-72(55-73)92-57-93(80-39-36-60(49-82(80)92)63-45-67(86(4,5)6)50-68(46-63)87(7,8)9)84-77(64-43-61(58-28-21-19-22-29-58)42-62(44-64)59-30-23-20-24-31-59)52-71(90(16,17)18)53-78(84)65-47-69(88(10,11)12)51-70(48-65)89(13,14)15/h19-56H,1-18H3/i19D,20D,21D,22D,23D,24D,28D,29D,30D,31D,42D,43D,44D. The lowest BCUT2D eigenvalue weighted by Gasteiger charge is -2.29. The van der Waals surface area contributed by atoms with E-state index in [0.29, 0.717) is 39.5 Å². The summed E-state index contributed by atoms with van der Waals surface area (Å²) >= 11 is 0. The third kappa shape index (κ3) is 12.8. The molecule has 5 heteroatoms. The molecule has 0 atom stereocenters. The Balaban J connectivity index is 1.18. The molecule has 95 heavy (non-hydrogen) atoms. The first-order chi connectivity index (χ1) is 50.3. The van der Waals surface area contributed by atoms with Gasteiger partial charge in [0.15, 0.2) is 0 Å². The Kier molecular flexibility index (Phi) is 12.5. The average Bonchev–Trinajstić information content (AvgIpc) is 1.23. The van der Waals surface area contributed by atoms with Crippen LogP contribution in [0.15, 0.2) is 230 Å². The zero-order valence-electron chi connectivity index (χ0n) is 71.1. The van der Waals surface area contributed by atoms with Crippen molar-refractivity contribution in [3.05, 3.63) is 270 Å². The molecule has 0 aliphatic rings. The maximum Gasteiger partial charge on any atom is 0.269 e. The smallest absolute Gasteiger partial charge is 0.269 e. The topological polar surface area (TPSA) is 35.9 Å². The van der Waals surface area contributed by atoms with Gasteiger partial charge >= 0.3 is 0 Å². The van der Waals surface area contributed by atoms with Crippen LogP contribution in [0.4, 0.5) is 0 Å². The Morgan fingerprint density at radius 3 is 1.45 bits per heavy atom. The van der Waals surface area contributed by atoms with E-state index in [1.165, 1.54) is 0 Å². The van der Waals surface area contributed by atoms with Gasteiger partial charge < -0.3 is 4.74 Å². The highest BCUT2D eigenvalue weighted by Gasteiger charge is 2.30. The third-order valence-electron chi connectivity index (χ3n) is 18.1. The summed E-state index contributed by atoms with van der Waals surface area (Å²) in [5.74, 6) is 1.86. The summed E-state index contributed by atoms with van der Waals surface area (Å²) in [6.07, 6.45) is 5.74. The number of imidazole rings is 1. The van der Waals surface area contributed by atoms with Gasteiger partial charge in [-0.2, -0.15) is 0 Å². The Bertz CT molecular complexity index is 5680. The Labute approximate surface area is 583 Å². The summed E-state index contributed by atoms with van der Waals surface area (Å²) in [6.45, 7) is 39.0. The van der Waals surface area contributed by atoms with E-state index in [4.69, 9.17) is 17.9 Å². The van der Waals surface area contributed by atoms with Gasteiger partial charge in [-0.05, 0) is 194 Å². The van der Waals surface area contributed by atoms with E-state index in [1.807, 2.05) is 76.0 Å². The molecule has 478 valence electrons. The Morgan fingerprint density at radius 2 is 0.884 bits per heavy atom. The quantitative estimate of drug-likeness (QED) is 0.101. The van der Waals surface area contributed by atoms with Crippen molar-refractivity contribution in [1.82, 2.24) is 14.1 Å². The molecular formula is C90H92N4O. The van der Waals surface area contributed by atoms with E-state index >= 15 is 0 Å². The van der Waals surface area contributed by atoms with Gasteiger partial charge in [-0.1, -0.05) is 270 Å². The number of ether oxygens (including phenoxy) is 1. The molecule has 13 rings (SSSR count). The molecule has 0 bridgehead atoms. The van der Waals surface area contributed by atoms with Crippen molar-refractivity contribution < 1.29 is 27.1 Å². The fourth-order valence-corrected chi connectivity index (χ4v) is 12.4. The number of para-hydroxylation sites is 1. The van der Waals surface area contributed by atoms with Crippen LogP contribution in [-0.4, -0.2) is 14.1 Å². The lowest BCUT2D eigenvalue weighted by atomic mass is 9.77. The molecule has 0 radical (unpaired) electrons. The minimum Gasteiger partial charge on any atom is -0.458 e. The van der Waals surface area contributed by atoms with Gasteiger partial charge in [-0.15, -0.1) is 0 Å². The molecule has 13 aromatic rings. The van der Waals surface area contributed by atoms with Crippen molar-refractivity contribution in [2.75, 3.05) is 0 Å². The molecule has 0 aliphatic heterocycles. The molecule has 0 aliphatic carbocycles. The number of fused-ring (bicyclic) bond motifs is 4. The van der Waals surface area contributed by atoms with Crippen molar-refractivity contribution in [2.45, 2.75) is 157 Å². The van der Waals surface area contributed by atoms with Gasteiger partial charge in [0, 0.05) is 23.0 Å². The fourth-order valence-electron chi connectivity index (χ4n) is 12.4. The van der Waals surface area contributed by atoms with Gasteiger partial charge in [0.25, 0.3) is 6.33 Å². The highest BCUT2D eigenvalue weighted by atomic mass is 16.5. The van der Waals surface area contributed by atoms with Crippen LogP contribution >= 0.6 is 0 Å². The summed E-state index contributed by atoms with van der Waals surface area (Å²) < 4.78 is 136. The van der Waals surface area contributed by atoms with Gasteiger partial charge in [-0.25, -0.2) is 4.98 Å². The number of hydrogen-bond donors (Lipinski definition) is 0. The van der Waals surface area contributed by atoms with Gasteiger partial charge in [0.05, 0.1) is 51.3 Å². The predicted octanol–water partition coefficient (Wildman–Crippen LogP) is 24.1. The van der Waals surface area contributed by atoms with Crippen molar-refractivity contribution in [3.63, 3.8) is 0 Å². The SMILES string of the molecule is [2H]c1c([2H])c([2H])c(-c2c([2H])c(-c3cc(C(C)(C)C)cc(-c4cc(C(C)(C)C)cc(C(C)(C)C)c4)c3-[n+]3[c-]n(-c4cccc(Oc5ccc6c7ccccc7n(-c7cc(C(C)(C)C)ccn7)c6c5)c4)c4cc(-c5cc(C(C)(C)C)cc(C(C)(C)C)c5)ccc43)c([2H])c(-c3c([2H])c([2H])c([2H])c([2H])c3[2H])c2[2H])c([2H])c1[2H]. The van der Waals surface area contributed by atoms with Crippen LogP contribution < -0.4 is 9.30 Å². The van der Waals surface area contributed by atoms with E-state index in [9.17, 15) is 9.60 Å². The molecule has 0 saturated carbocycles. The highest BCUT2D eigenvalue weighted by molar-refractivity contribution is 6.09. The molecule has 0 N–H and O–H groups in total. The first-order valence-electron chi connectivity index (χ1n) is 39.3. The average molecular weight is 1260 g/mol. The third-order valence-corrected chi connectivity index (χ3v) is 18.1. The first kappa shape index (κ1) is 49.9. The molecule has 0 unspecified atom stereocenters. The fraction of sp³-hybridized carbons (Fsp3) is 0.267. The van der Waals surface area contributed by atoms with E-state index in [0.717, 1.165) is 77.7 Å². The summed E-state index contributed by atoms with van der Waals surface area (Å²) in [4.78, 5) is 4.94. The molecule has 5 nitrogen and oxygen atoms in total. The number of pyridine rings is 1. The van der Waals surface area contributed by atoms with Gasteiger partial charge in [0.1, 0.15) is 17.3 Å². The molecule has 0 amide bonds. The maximum absolute atomic E-state index is 10.8. The summed E-state index contributed by atoms with van der Waals surface area (Å²) in [5, 5.41) is 2.10. The second kappa shape index (κ2) is 23.7. The van der Waals surface area contributed by atoms with Gasteiger partial charge in [0.2, 0.25) is 0 Å².